The van der Waals surface area contributed by atoms with Crippen molar-refractivity contribution in [2.45, 2.75) is 40.5 Å². The van der Waals surface area contributed by atoms with Crippen molar-refractivity contribution in [3.05, 3.63) is 59.2 Å². The molecule has 6 nitrogen and oxygen atoms in total. The highest BCUT2D eigenvalue weighted by molar-refractivity contribution is 6.14. The summed E-state index contributed by atoms with van der Waals surface area (Å²) in [6.45, 7) is 9.16. The molecule has 2 N–H and O–H groups in total. The molecular formula is C23H28N2O4. The summed E-state index contributed by atoms with van der Waals surface area (Å²) in [6.07, 6.45) is 0. The molecule has 0 unspecified atom stereocenters. The highest BCUT2D eigenvalue weighted by Crippen LogP contribution is 2.30. The van der Waals surface area contributed by atoms with Gasteiger partial charge in [0, 0.05) is 11.4 Å². The van der Waals surface area contributed by atoms with E-state index in [9.17, 15) is 14.4 Å². The molecule has 0 saturated carbocycles. The number of carbonyl (C=O) groups excluding carboxylic acids is 3. The highest BCUT2D eigenvalue weighted by atomic mass is 16.5. The number of anilines is 2. The van der Waals surface area contributed by atoms with Gasteiger partial charge in [0.15, 0.2) is 0 Å². The Morgan fingerprint density at radius 2 is 1.59 bits per heavy atom. The van der Waals surface area contributed by atoms with Gasteiger partial charge in [-0.25, -0.2) is 4.79 Å². The second kappa shape index (κ2) is 8.90. The number of methoxy groups -OCH3 is 1. The van der Waals surface area contributed by atoms with Gasteiger partial charge in [0.2, 0.25) is 11.8 Å². The van der Waals surface area contributed by atoms with E-state index in [1.807, 2.05) is 25.1 Å². The van der Waals surface area contributed by atoms with Crippen molar-refractivity contribution in [1.82, 2.24) is 0 Å². The average Bonchev–Trinajstić information content (AvgIpc) is 2.68. The van der Waals surface area contributed by atoms with Crippen LogP contribution in [-0.2, 0) is 14.3 Å². The zero-order valence-electron chi connectivity index (χ0n) is 17.8. The van der Waals surface area contributed by atoms with Gasteiger partial charge in [-0.3, -0.25) is 9.59 Å². The van der Waals surface area contributed by atoms with Crippen LogP contribution in [0.1, 0.15) is 55.1 Å². The minimum Gasteiger partial charge on any atom is -0.465 e. The monoisotopic (exact) mass is 396 g/mol. The maximum Gasteiger partial charge on any atom is 0.337 e. The van der Waals surface area contributed by atoms with Crippen molar-refractivity contribution in [2.24, 2.45) is 5.41 Å². The normalized spacial score (nSPS) is 11.1. The van der Waals surface area contributed by atoms with Gasteiger partial charge in [0.05, 0.1) is 12.7 Å². The van der Waals surface area contributed by atoms with Crippen molar-refractivity contribution in [3.63, 3.8) is 0 Å². The molecule has 0 aliphatic carbocycles. The lowest BCUT2D eigenvalue weighted by atomic mass is 9.89. The number of rotatable bonds is 6. The fraction of sp³-hybridized carbons (Fsp3) is 0.348. The summed E-state index contributed by atoms with van der Waals surface area (Å²) in [5.74, 6) is -1.16. The largest absolute Gasteiger partial charge is 0.465 e. The molecule has 0 fully saturated rings. The number of hydrogen-bond donors (Lipinski definition) is 2. The molecule has 2 rings (SSSR count). The van der Waals surface area contributed by atoms with E-state index in [1.54, 1.807) is 32.0 Å². The van der Waals surface area contributed by atoms with Crippen molar-refractivity contribution >= 4 is 29.2 Å². The third-order valence-electron chi connectivity index (χ3n) is 4.84. The lowest BCUT2D eigenvalue weighted by molar-refractivity contribution is -0.135. The van der Waals surface area contributed by atoms with E-state index < -0.39 is 23.2 Å². The van der Waals surface area contributed by atoms with Gasteiger partial charge in [0.25, 0.3) is 0 Å². The quantitative estimate of drug-likeness (QED) is 0.556. The zero-order chi connectivity index (χ0) is 21.8. The van der Waals surface area contributed by atoms with Crippen LogP contribution in [0.15, 0.2) is 42.5 Å². The minimum absolute atomic E-state index is 0.225. The van der Waals surface area contributed by atoms with Crippen LogP contribution in [-0.4, -0.2) is 24.9 Å². The summed E-state index contributed by atoms with van der Waals surface area (Å²) in [6, 6.07) is 12.2. The van der Waals surface area contributed by atoms with E-state index in [1.165, 1.54) is 13.2 Å². The Labute approximate surface area is 171 Å². The first kappa shape index (κ1) is 22.1. The van der Waals surface area contributed by atoms with E-state index in [0.717, 1.165) is 16.8 Å². The van der Waals surface area contributed by atoms with Crippen molar-refractivity contribution < 1.29 is 19.1 Å². The maximum atomic E-state index is 13.0. The molecule has 0 radical (unpaired) electrons. The molecule has 29 heavy (non-hydrogen) atoms. The van der Waals surface area contributed by atoms with Gasteiger partial charge in [-0.1, -0.05) is 38.1 Å². The second-order valence-corrected chi connectivity index (χ2v) is 7.80. The molecule has 0 saturated heterocycles. The number of carbonyl (C=O) groups is 3. The third kappa shape index (κ3) is 5.02. The zero-order valence-corrected chi connectivity index (χ0v) is 17.8. The molecule has 2 amide bonds. The number of aryl methyl sites for hydroxylation is 1. The summed E-state index contributed by atoms with van der Waals surface area (Å²) in [5, 5.41) is 5.64. The first-order valence-corrected chi connectivity index (χ1v) is 9.48. The van der Waals surface area contributed by atoms with E-state index in [4.69, 9.17) is 4.74 Å². The number of para-hydroxylation sites is 1. The van der Waals surface area contributed by atoms with Gasteiger partial charge in [0.1, 0.15) is 5.41 Å². The molecule has 154 valence electrons. The first-order valence-electron chi connectivity index (χ1n) is 9.48. The van der Waals surface area contributed by atoms with Crippen LogP contribution in [0.3, 0.4) is 0 Å². The predicted molar refractivity (Wildman–Crippen MR) is 114 cm³/mol. The smallest absolute Gasteiger partial charge is 0.337 e. The number of nitrogens with one attached hydrogen (secondary N) is 2. The fourth-order valence-corrected chi connectivity index (χ4v) is 2.84. The molecule has 6 heteroatoms. The number of ether oxygens (including phenoxy) is 1. The SMILES string of the molecule is COC(=O)c1cccc(NC(=O)C(C)(C)C(=O)Nc2c(C)cccc2C(C)C)c1. The van der Waals surface area contributed by atoms with Crippen molar-refractivity contribution in [3.8, 4) is 0 Å². The number of benzene rings is 2. The molecule has 0 bridgehead atoms. The number of hydrogen-bond acceptors (Lipinski definition) is 4. The van der Waals surface area contributed by atoms with Crippen LogP contribution >= 0.6 is 0 Å². The second-order valence-electron chi connectivity index (χ2n) is 7.80. The van der Waals surface area contributed by atoms with Gasteiger partial charge in [-0.15, -0.1) is 0 Å². The van der Waals surface area contributed by atoms with Crippen LogP contribution in [0, 0.1) is 12.3 Å². The summed E-state index contributed by atoms with van der Waals surface area (Å²) < 4.78 is 4.69. The number of esters is 1. The first-order chi connectivity index (χ1) is 13.6. The van der Waals surface area contributed by atoms with Crippen molar-refractivity contribution in [1.29, 1.82) is 0 Å². The van der Waals surface area contributed by atoms with Crippen LogP contribution in [0.25, 0.3) is 0 Å². The fourth-order valence-electron chi connectivity index (χ4n) is 2.84. The molecular weight excluding hydrogens is 368 g/mol. The summed E-state index contributed by atoms with van der Waals surface area (Å²) in [7, 11) is 1.29. The van der Waals surface area contributed by atoms with Crippen LogP contribution < -0.4 is 10.6 Å². The van der Waals surface area contributed by atoms with Crippen LogP contribution in [0.4, 0.5) is 11.4 Å². The van der Waals surface area contributed by atoms with Crippen LogP contribution in [0.5, 0.6) is 0 Å². The topological polar surface area (TPSA) is 84.5 Å². The Morgan fingerprint density at radius 1 is 0.966 bits per heavy atom. The summed E-state index contributed by atoms with van der Waals surface area (Å²) in [5.41, 5.74) is 2.08. The van der Waals surface area contributed by atoms with E-state index in [-0.39, 0.29) is 5.92 Å². The van der Waals surface area contributed by atoms with Gasteiger partial charge < -0.3 is 15.4 Å². The Morgan fingerprint density at radius 3 is 2.21 bits per heavy atom. The molecule has 0 aliphatic heterocycles. The van der Waals surface area contributed by atoms with E-state index in [2.05, 4.69) is 24.5 Å². The van der Waals surface area contributed by atoms with Crippen molar-refractivity contribution in [2.75, 3.05) is 17.7 Å². The number of amides is 2. The molecule has 0 atom stereocenters. The molecule has 0 aliphatic rings. The molecule has 0 heterocycles. The Balaban J connectivity index is 2.21. The van der Waals surface area contributed by atoms with E-state index >= 15 is 0 Å². The standard InChI is InChI=1S/C23H28N2O4/c1-14(2)18-12-7-9-15(3)19(18)25-22(28)23(4,5)21(27)24-17-11-8-10-16(13-17)20(26)29-6/h7-14H,1-6H3,(H,24,27)(H,25,28). The Bertz CT molecular complexity index is 932. The van der Waals surface area contributed by atoms with Gasteiger partial charge in [-0.05, 0) is 56.0 Å². The summed E-state index contributed by atoms with van der Waals surface area (Å²) in [4.78, 5) is 37.5. The highest BCUT2D eigenvalue weighted by Gasteiger charge is 2.36. The minimum atomic E-state index is -1.34. The maximum absolute atomic E-state index is 13.0. The molecule has 0 aromatic heterocycles. The Kier molecular flexibility index (Phi) is 6.80. The summed E-state index contributed by atoms with van der Waals surface area (Å²) >= 11 is 0. The van der Waals surface area contributed by atoms with Gasteiger partial charge in [-0.2, -0.15) is 0 Å². The molecule has 2 aromatic rings. The average molecular weight is 396 g/mol. The van der Waals surface area contributed by atoms with Gasteiger partial charge >= 0.3 is 5.97 Å². The van der Waals surface area contributed by atoms with Crippen LogP contribution in [0.2, 0.25) is 0 Å². The predicted octanol–water partition coefficient (Wildman–Crippen LogP) is 4.51. The Hall–Kier alpha value is -3.15. The molecule has 0 spiro atoms. The third-order valence-corrected chi connectivity index (χ3v) is 4.84. The lowest BCUT2D eigenvalue weighted by Crippen LogP contribution is -2.42. The van der Waals surface area contributed by atoms with E-state index in [0.29, 0.717) is 11.3 Å². The lowest BCUT2D eigenvalue weighted by Gasteiger charge is -2.25. The molecule has 2 aromatic carbocycles.